The third kappa shape index (κ3) is 4.30. The second kappa shape index (κ2) is 6.19. The van der Waals surface area contributed by atoms with Crippen LogP contribution in [-0.4, -0.2) is 14.2 Å². The fraction of sp³-hybridized carbons (Fsp3) is 0.600. The summed E-state index contributed by atoms with van der Waals surface area (Å²) in [5, 5.41) is 3.19. The molecule has 102 valence electrons. The van der Waals surface area contributed by atoms with Crippen molar-refractivity contribution in [3.8, 4) is 5.75 Å². The summed E-state index contributed by atoms with van der Waals surface area (Å²) in [6, 6.07) is 5.10. The molecule has 1 atom stereocenters. The van der Waals surface area contributed by atoms with E-state index in [4.69, 9.17) is 4.74 Å². The van der Waals surface area contributed by atoms with Crippen LogP contribution in [-0.2, 0) is 0 Å². The van der Waals surface area contributed by atoms with Gasteiger partial charge >= 0.3 is 0 Å². The minimum atomic E-state index is -0.206. The van der Waals surface area contributed by atoms with Crippen LogP contribution in [0.4, 0.5) is 4.39 Å². The van der Waals surface area contributed by atoms with Crippen molar-refractivity contribution in [3.63, 3.8) is 0 Å². The first-order valence-corrected chi connectivity index (χ1v) is 6.38. The molecule has 18 heavy (non-hydrogen) atoms. The largest absolute Gasteiger partial charge is 0.497 e. The third-order valence-electron chi connectivity index (χ3n) is 3.11. The Morgan fingerprint density at radius 2 is 2.00 bits per heavy atom. The number of hydrogen-bond donors (Lipinski definition) is 1. The molecule has 0 saturated heterocycles. The molecule has 0 aliphatic rings. The lowest BCUT2D eigenvalue weighted by Gasteiger charge is -2.23. The van der Waals surface area contributed by atoms with Gasteiger partial charge in [-0.3, -0.25) is 0 Å². The van der Waals surface area contributed by atoms with Crippen molar-refractivity contribution < 1.29 is 9.13 Å². The SMILES string of the molecule is CNC(CCC(C)(C)C)c1ccc(OC)cc1F. The molecule has 0 spiro atoms. The molecular formula is C15H24FNO. The molecule has 1 N–H and O–H groups in total. The van der Waals surface area contributed by atoms with Crippen molar-refractivity contribution in [2.45, 2.75) is 39.7 Å². The van der Waals surface area contributed by atoms with E-state index >= 15 is 0 Å². The summed E-state index contributed by atoms with van der Waals surface area (Å²) in [6.45, 7) is 6.60. The van der Waals surface area contributed by atoms with Crippen LogP contribution in [0.25, 0.3) is 0 Å². The van der Waals surface area contributed by atoms with Gasteiger partial charge in [-0.05, 0) is 31.4 Å². The van der Waals surface area contributed by atoms with Gasteiger partial charge in [0, 0.05) is 17.7 Å². The van der Waals surface area contributed by atoms with Crippen LogP contribution in [0.2, 0.25) is 0 Å². The van der Waals surface area contributed by atoms with E-state index < -0.39 is 0 Å². The summed E-state index contributed by atoms with van der Waals surface area (Å²) in [4.78, 5) is 0. The molecule has 0 aromatic heterocycles. The number of benzene rings is 1. The van der Waals surface area contributed by atoms with Gasteiger partial charge in [0.1, 0.15) is 11.6 Å². The summed E-state index contributed by atoms with van der Waals surface area (Å²) in [6.07, 6.45) is 1.97. The molecule has 0 radical (unpaired) electrons. The summed E-state index contributed by atoms with van der Waals surface area (Å²) in [5.41, 5.74) is 0.973. The van der Waals surface area contributed by atoms with Crippen molar-refractivity contribution in [1.82, 2.24) is 5.32 Å². The molecule has 3 heteroatoms. The van der Waals surface area contributed by atoms with Gasteiger partial charge in [-0.1, -0.05) is 26.8 Å². The van der Waals surface area contributed by atoms with E-state index in [0.717, 1.165) is 12.8 Å². The monoisotopic (exact) mass is 253 g/mol. The maximum Gasteiger partial charge on any atom is 0.131 e. The zero-order chi connectivity index (χ0) is 13.8. The van der Waals surface area contributed by atoms with Crippen LogP contribution in [0.15, 0.2) is 18.2 Å². The van der Waals surface area contributed by atoms with Gasteiger partial charge in [0.05, 0.1) is 7.11 Å². The van der Waals surface area contributed by atoms with E-state index in [1.165, 1.54) is 6.07 Å². The fourth-order valence-corrected chi connectivity index (χ4v) is 1.95. The molecule has 0 saturated carbocycles. The van der Waals surface area contributed by atoms with Crippen molar-refractivity contribution in [1.29, 1.82) is 0 Å². The van der Waals surface area contributed by atoms with Gasteiger partial charge < -0.3 is 10.1 Å². The molecule has 0 aliphatic heterocycles. The molecule has 0 amide bonds. The minimum absolute atomic E-state index is 0.0510. The van der Waals surface area contributed by atoms with Gasteiger partial charge in [-0.25, -0.2) is 4.39 Å². The number of rotatable bonds is 5. The predicted molar refractivity (Wildman–Crippen MR) is 73.4 cm³/mol. The van der Waals surface area contributed by atoms with Crippen molar-refractivity contribution in [2.75, 3.05) is 14.2 Å². The lowest BCUT2D eigenvalue weighted by Crippen LogP contribution is -2.20. The molecule has 0 bridgehead atoms. The molecule has 0 fully saturated rings. The van der Waals surface area contributed by atoms with E-state index in [0.29, 0.717) is 11.3 Å². The molecule has 1 rings (SSSR count). The minimum Gasteiger partial charge on any atom is -0.497 e. The van der Waals surface area contributed by atoms with Crippen LogP contribution in [0.3, 0.4) is 0 Å². The summed E-state index contributed by atoms with van der Waals surface area (Å²) in [5.74, 6) is 0.351. The molecule has 2 nitrogen and oxygen atoms in total. The van der Waals surface area contributed by atoms with Gasteiger partial charge in [-0.2, -0.15) is 0 Å². The second-order valence-corrected chi connectivity index (χ2v) is 5.83. The number of ether oxygens (including phenoxy) is 1. The van der Waals surface area contributed by atoms with Crippen LogP contribution in [0, 0.1) is 11.2 Å². The van der Waals surface area contributed by atoms with E-state index in [1.54, 1.807) is 19.2 Å². The Labute approximate surface area is 110 Å². The quantitative estimate of drug-likeness (QED) is 0.858. The normalized spacial score (nSPS) is 13.4. The molecule has 1 aromatic rings. The van der Waals surface area contributed by atoms with Gasteiger partial charge in [0.2, 0.25) is 0 Å². The number of hydrogen-bond acceptors (Lipinski definition) is 2. The highest BCUT2D eigenvalue weighted by Crippen LogP contribution is 2.29. The number of halogens is 1. The van der Waals surface area contributed by atoms with Crippen LogP contribution in [0.5, 0.6) is 5.75 Å². The Morgan fingerprint density at radius 1 is 1.33 bits per heavy atom. The smallest absolute Gasteiger partial charge is 0.131 e. The van der Waals surface area contributed by atoms with Crippen molar-refractivity contribution >= 4 is 0 Å². The highest BCUT2D eigenvalue weighted by molar-refractivity contribution is 5.30. The maximum atomic E-state index is 14.0. The molecule has 1 aromatic carbocycles. The first-order valence-electron chi connectivity index (χ1n) is 6.38. The number of nitrogens with one attached hydrogen (secondary N) is 1. The van der Waals surface area contributed by atoms with E-state index in [-0.39, 0.29) is 17.3 Å². The van der Waals surface area contributed by atoms with E-state index in [2.05, 4.69) is 26.1 Å². The first-order chi connectivity index (χ1) is 8.37. The number of methoxy groups -OCH3 is 1. The average molecular weight is 253 g/mol. The van der Waals surface area contributed by atoms with Gasteiger partial charge in [-0.15, -0.1) is 0 Å². The lowest BCUT2D eigenvalue weighted by molar-refractivity contribution is 0.334. The molecular weight excluding hydrogens is 229 g/mol. The molecule has 0 heterocycles. The van der Waals surface area contributed by atoms with E-state index in [1.807, 2.05) is 7.05 Å². The highest BCUT2D eigenvalue weighted by atomic mass is 19.1. The molecule has 0 aliphatic carbocycles. The predicted octanol–water partition coefficient (Wildman–Crippen LogP) is 3.92. The zero-order valence-electron chi connectivity index (χ0n) is 12.0. The van der Waals surface area contributed by atoms with E-state index in [9.17, 15) is 4.39 Å². The Bertz CT molecular complexity index is 385. The van der Waals surface area contributed by atoms with Crippen LogP contribution in [0.1, 0.15) is 45.2 Å². The van der Waals surface area contributed by atoms with Crippen molar-refractivity contribution in [2.24, 2.45) is 5.41 Å². The lowest BCUT2D eigenvalue weighted by atomic mass is 9.87. The maximum absolute atomic E-state index is 14.0. The van der Waals surface area contributed by atoms with Gasteiger partial charge in [0.15, 0.2) is 0 Å². The van der Waals surface area contributed by atoms with Crippen molar-refractivity contribution in [3.05, 3.63) is 29.6 Å². The van der Waals surface area contributed by atoms with Gasteiger partial charge in [0.25, 0.3) is 0 Å². The Morgan fingerprint density at radius 3 is 2.44 bits per heavy atom. The van der Waals surface area contributed by atoms with Crippen LogP contribution < -0.4 is 10.1 Å². The Balaban J connectivity index is 2.82. The Kier molecular flexibility index (Phi) is 5.15. The van der Waals surface area contributed by atoms with Crippen LogP contribution >= 0.6 is 0 Å². The first kappa shape index (κ1) is 15.0. The highest BCUT2D eigenvalue weighted by Gasteiger charge is 2.18. The summed E-state index contributed by atoms with van der Waals surface area (Å²) in [7, 11) is 3.42. The Hall–Kier alpha value is -1.09. The average Bonchev–Trinajstić information content (AvgIpc) is 2.30. The zero-order valence-corrected chi connectivity index (χ0v) is 12.0. The standard InChI is InChI=1S/C15H24FNO/c1-15(2,3)9-8-14(17-4)12-7-6-11(18-5)10-13(12)16/h6-7,10,14,17H,8-9H2,1-5H3. The topological polar surface area (TPSA) is 21.3 Å². The third-order valence-corrected chi connectivity index (χ3v) is 3.11. The molecule has 1 unspecified atom stereocenters. The second-order valence-electron chi connectivity index (χ2n) is 5.83. The summed E-state index contributed by atoms with van der Waals surface area (Å²) >= 11 is 0. The fourth-order valence-electron chi connectivity index (χ4n) is 1.95. The summed E-state index contributed by atoms with van der Waals surface area (Å²) < 4.78 is 19.0.